The van der Waals surface area contributed by atoms with E-state index >= 15 is 0 Å². The van der Waals surface area contributed by atoms with Gasteiger partial charge in [-0.1, -0.05) is 17.7 Å². The van der Waals surface area contributed by atoms with Crippen LogP contribution in [0, 0.1) is 6.92 Å². The van der Waals surface area contributed by atoms with E-state index in [-0.39, 0.29) is 12.5 Å². The lowest BCUT2D eigenvalue weighted by atomic mass is 10.2. The monoisotopic (exact) mass is 552 g/mol. The zero-order chi connectivity index (χ0) is 28.4. The van der Waals surface area contributed by atoms with Crippen LogP contribution in [-0.4, -0.2) is 52.0 Å². The molecular weight excluding hydrogens is 520 g/mol. The van der Waals surface area contributed by atoms with Gasteiger partial charge >= 0.3 is 0 Å². The molecule has 0 aliphatic heterocycles. The summed E-state index contributed by atoms with van der Waals surface area (Å²) in [5, 5.41) is 6.71. The molecule has 3 aromatic rings. The fourth-order valence-electron chi connectivity index (χ4n) is 3.56. The minimum atomic E-state index is -3.76. The molecule has 1 atom stereocenters. The summed E-state index contributed by atoms with van der Waals surface area (Å²) >= 11 is 0. The minimum absolute atomic E-state index is 0.152. The molecule has 0 fully saturated rings. The number of anilines is 2. The van der Waals surface area contributed by atoms with Crippen LogP contribution in [0.3, 0.4) is 0 Å². The summed E-state index contributed by atoms with van der Waals surface area (Å²) in [7, 11) is -3.76. The fourth-order valence-corrected chi connectivity index (χ4v) is 4.74. The Bertz CT molecular complexity index is 1390. The number of rotatable bonds is 12. The van der Waals surface area contributed by atoms with Crippen molar-refractivity contribution in [1.29, 1.82) is 0 Å². The van der Waals surface area contributed by atoms with E-state index in [4.69, 9.17) is 9.47 Å². The topological polar surface area (TPSA) is 126 Å². The minimum Gasteiger partial charge on any atom is -0.494 e. The third-order valence-corrected chi connectivity index (χ3v) is 6.71. The molecule has 39 heavy (non-hydrogen) atoms. The van der Waals surface area contributed by atoms with E-state index < -0.39 is 22.0 Å². The van der Waals surface area contributed by atoms with Gasteiger partial charge in [-0.3, -0.25) is 13.9 Å². The number of hydrogen-bond acceptors (Lipinski definition) is 7. The second kappa shape index (κ2) is 13.4. The van der Waals surface area contributed by atoms with Crippen molar-refractivity contribution in [2.24, 2.45) is 5.10 Å². The summed E-state index contributed by atoms with van der Waals surface area (Å²) in [6.45, 7) is 5.62. The van der Waals surface area contributed by atoms with Crippen LogP contribution in [0.2, 0.25) is 0 Å². The van der Waals surface area contributed by atoms with Gasteiger partial charge in [-0.2, -0.15) is 5.10 Å². The second-order valence-electron chi connectivity index (χ2n) is 8.67. The number of benzene rings is 3. The van der Waals surface area contributed by atoms with Crippen LogP contribution < -0.4 is 24.5 Å². The Morgan fingerprint density at radius 2 is 1.54 bits per heavy atom. The van der Waals surface area contributed by atoms with Crippen molar-refractivity contribution >= 4 is 39.4 Å². The number of carbonyl (C=O) groups excluding carboxylic acids is 2. The van der Waals surface area contributed by atoms with E-state index in [1.807, 2.05) is 38.1 Å². The third-order valence-electron chi connectivity index (χ3n) is 5.46. The molecule has 0 heterocycles. The molecule has 3 rings (SSSR count). The maximum atomic E-state index is 12.7. The molecule has 0 bridgehead atoms. The van der Waals surface area contributed by atoms with Gasteiger partial charge in [0.05, 0.1) is 24.8 Å². The normalized spacial score (nSPS) is 12.0. The van der Waals surface area contributed by atoms with Gasteiger partial charge in [-0.15, -0.1) is 0 Å². The maximum Gasteiger partial charge on any atom is 0.263 e. The number of amides is 2. The predicted octanol–water partition coefficient (Wildman–Crippen LogP) is 3.72. The largest absolute Gasteiger partial charge is 0.494 e. The smallest absolute Gasteiger partial charge is 0.263 e. The van der Waals surface area contributed by atoms with Gasteiger partial charge in [0.25, 0.3) is 11.8 Å². The molecule has 0 saturated heterocycles. The molecule has 2 amide bonds. The third kappa shape index (κ3) is 8.85. The lowest BCUT2D eigenvalue weighted by Crippen LogP contribution is -2.46. The summed E-state index contributed by atoms with van der Waals surface area (Å²) in [5.41, 5.74) is 5.16. The summed E-state index contributed by atoms with van der Waals surface area (Å²) in [5.74, 6) is 0.196. The number of aryl methyl sites for hydroxylation is 1. The van der Waals surface area contributed by atoms with Crippen LogP contribution in [0.1, 0.15) is 25.0 Å². The van der Waals surface area contributed by atoms with E-state index in [1.54, 1.807) is 48.5 Å². The number of sulfonamides is 1. The zero-order valence-electron chi connectivity index (χ0n) is 22.2. The zero-order valence-corrected chi connectivity index (χ0v) is 23.1. The number of nitrogens with zero attached hydrogens (tertiary/aromatic N) is 2. The van der Waals surface area contributed by atoms with E-state index in [0.717, 1.165) is 16.1 Å². The summed E-state index contributed by atoms with van der Waals surface area (Å²) in [4.78, 5) is 24.8. The lowest BCUT2D eigenvalue weighted by molar-refractivity contribution is -0.121. The van der Waals surface area contributed by atoms with Crippen molar-refractivity contribution in [3.63, 3.8) is 0 Å². The molecule has 0 radical (unpaired) electrons. The van der Waals surface area contributed by atoms with Crippen LogP contribution in [0.5, 0.6) is 11.5 Å². The molecular formula is C28H32N4O6S. The molecule has 2 N–H and O–H groups in total. The SMILES string of the molecule is CCOc1ccc(N([C@@H](C)C(=O)N/N=C\c2ccc(OCC(=O)Nc3ccc(C)cc3)cc2)S(C)(=O)=O)cc1. The Balaban J connectivity index is 1.53. The first-order valence-corrected chi connectivity index (χ1v) is 14.1. The molecule has 0 aliphatic rings. The maximum absolute atomic E-state index is 12.7. The van der Waals surface area contributed by atoms with Crippen molar-refractivity contribution in [1.82, 2.24) is 5.43 Å². The fraction of sp³-hybridized carbons (Fsp3) is 0.250. The Morgan fingerprint density at radius 3 is 2.13 bits per heavy atom. The number of nitrogens with one attached hydrogen (secondary N) is 2. The summed E-state index contributed by atoms with van der Waals surface area (Å²) in [6, 6.07) is 19.6. The van der Waals surface area contributed by atoms with Gasteiger partial charge in [0.15, 0.2) is 6.61 Å². The Kier molecular flexibility index (Phi) is 10.0. The van der Waals surface area contributed by atoms with Crippen LogP contribution in [0.25, 0.3) is 0 Å². The Morgan fingerprint density at radius 1 is 0.949 bits per heavy atom. The standard InChI is InChI=1S/C28H32N4O6S/c1-5-37-25-16-12-24(13-17-25)32(39(4,35)36)21(3)28(34)31-29-18-22-8-14-26(15-9-22)38-19-27(33)30-23-10-6-20(2)7-11-23/h6-18,21H,5,19H2,1-4H3,(H,30,33)(H,31,34)/b29-18-/t21-/m0/s1. The highest BCUT2D eigenvalue weighted by molar-refractivity contribution is 7.92. The Hall–Kier alpha value is -4.38. The number of ether oxygens (including phenoxy) is 2. The highest BCUT2D eigenvalue weighted by Gasteiger charge is 2.29. The highest BCUT2D eigenvalue weighted by atomic mass is 32.2. The molecule has 0 spiro atoms. The Labute approximate surface area is 228 Å². The predicted molar refractivity (Wildman–Crippen MR) is 152 cm³/mol. The van der Waals surface area contributed by atoms with Crippen LogP contribution in [0.4, 0.5) is 11.4 Å². The molecule has 0 aromatic heterocycles. The number of carbonyl (C=O) groups is 2. The first-order valence-electron chi connectivity index (χ1n) is 12.2. The average Bonchev–Trinajstić information content (AvgIpc) is 2.90. The van der Waals surface area contributed by atoms with Crippen LogP contribution in [-0.2, 0) is 19.6 Å². The molecule has 0 aliphatic carbocycles. The summed E-state index contributed by atoms with van der Waals surface area (Å²) < 4.78 is 36.8. The first-order chi connectivity index (χ1) is 18.6. The first kappa shape index (κ1) is 29.2. The average molecular weight is 553 g/mol. The van der Waals surface area contributed by atoms with Crippen LogP contribution in [0.15, 0.2) is 77.9 Å². The molecule has 206 valence electrons. The van der Waals surface area contributed by atoms with Gasteiger partial charge in [0, 0.05) is 5.69 Å². The highest BCUT2D eigenvalue weighted by Crippen LogP contribution is 2.24. The molecule has 0 saturated carbocycles. The van der Waals surface area contributed by atoms with E-state index in [2.05, 4.69) is 15.8 Å². The quantitative estimate of drug-likeness (QED) is 0.261. The van der Waals surface area contributed by atoms with Gasteiger partial charge in [-0.25, -0.2) is 13.8 Å². The van der Waals surface area contributed by atoms with E-state index in [9.17, 15) is 18.0 Å². The molecule has 0 unspecified atom stereocenters. The number of hydrazone groups is 1. The van der Waals surface area contributed by atoms with Crippen molar-refractivity contribution in [3.05, 3.63) is 83.9 Å². The summed E-state index contributed by atoms with van der Waals surface area (Å²) in [6.07, 6.45) is 2.45. The van der Waals surface area contributed by atoms with E-state index in [1.165, 1.54) is 13.1 Å². The molecule has 11 heteroatoms. The van der Waals surface area contributed by atoms with Crippen molar-refractivity contribution in [2.45, 2.75) is 26.8 Å². The van der Waals surface area contributed by atoms with Gasteiger partial charge in [0.1, 0.15) is 17.5 Å². The van der Waals surface area contributed by atoms with Gasteiger partial charge < -0.3 is 14.8 Å². The van der Waals surface area contributed by atoms with Crippen molar-refractivity contribution in [2.75, 3.05) is 29.1 Å². The van der Waals surface area contributed by atoms with Crippen molar-refractivity contribution in [3.8, 4) is 11.5 Å². The van der Waals surface area contributed by atoms with Gasteiger partial charge in [0.2, 0.25) is 10.0 Å². The van der Waals surface area contributed by atoms with Crippen molar-refractivity contribution < 1.29 is 27.5 Å². The lowest BCUT2D eigenvalue weighted by Gasteiger charge is -2.27. The van der Waals surface area contributed by atoms with E-state index in [0.29, 0.717) is 35.0 Å². The molecule has 10 nitrogen and oxygen atoms in total. The second-order valence-corrected chi connectivity index (χ2v) is 10.5. The molecule has 3 aromatic carbocycles. The van der Waals surface area contributed by atoms with Crippen LogP contribution >= 0.6 is 0 Å². The number of hydrogen-bond donors (Lipinski definition) is 2. The van der Waals surface area contributed by atoms with Gasteiger partial charge in [-0.05, 0) is 87.0 Å².